The summed E-state index contributed by atoms with van der Waals surface area (Å²) in [5.41, 5.74) is 4.25. The van der Waals surface area contributed by atoms with Crippen LogP contribution >= 0.6 is 0 Å². The van der Waals surface area contributed by atoms with Crippen molar-refractivity contribution in [2.75, 3.05) is 0 Å². The Morgan fingerprint density at radius 3 is 2.02 bits per heavy atom. The first-order chi connectivity index (χ1) is 21.2. The zero-order chi connectivity index (χ0) is 34.1. The van der Waals surface area contributed by atoms with Crippen LogP contribution in [0.2, 0.25) is 36.3 Å². The molecule has 0 aliphatic heterocycles. The minimum absolute atomic E-state index is 0.0447. The second kappa shape index (κ2) is 14.2. The van der Waals surface area contributed by atoms with E-state index in [4.69, 9.17) is 13.6 Å². The van der Waals surface area contributed by atoms with Crippen LogP contribution in [0.5, 0.6) is 0 Å². The van der Waals surface area contributed by atoms with E-state index in [0.717, 1.165) is 37.7 Å². The third-order valence-electron chi connectivity index (χ3n) is 12.8. The van der Waals surface area contributed by atoms with E-state index in [1.54, 1.807) is 5.57 Å². The molecule has 3 aliphatic carbocycles. The highest BCUT2D eigenvalue weighted by molar-refractivity contribution is 6.74. The Morgan fingerprint density at radius 2 is 1.48 bits per heavy atom. The van der Waals surface area contributed by atoms with E-state index >= 15 is 0 Å². The van der Waals surface area contributed by atoms with Crippen LogP contribution in [0.15, 0.2) is 53.6 Å². The van der Waals surface area contributed by atoms with E-state index in [2.05, 4.69) is 93.7 Å². The van der Waals surface area contributed by atoms with E-state index in [9.17, 15) is 4.79 Å². The molecular weight excluding hydrogens is 601 g/mol. The van der Waals surface area contributed by atoms with Crippen LogP contribution in [0.4, 0.5) is 0 Å². The number of esters is 1. The molecule has 0 radical (unpaired) electrons. The lowest BCUT2D eigenvalue weighted by Gasteiger charge is -2.45. The third-order valence-corrected chi connectivity index (χ3v) is 21.9. The highest BCUT2D eigenvalue weighted by Crippen LogP contribution is 2.59. The molecule has 6 heteroatoms. The smallest absolute Gasteiger partial charge is 0.309 e. The maximum absolute atomic E-state index is 13.3. The maximum Gasteiger partial charge on any atom is 0.309 e. The molecule has 3 fully saturated rings. The van der Waals surface area contributed by atoms with Crippen molar-refractivity contribution >= 4 is 22.6 Å². The molecule has 0 spiro atoms. The first-order valence-corrected chi connectivity index (χ1v) is 24.0. The van der Waals surface area contributed by atoms with E-state index in [1.807, 2.05) is 30.3 Å². The van der Waals surface area contributed by atoms with Gasteiger partial charge in [0.2, 0.25) is 0 Å². The summed E-state index contributed by atoms with van der Waals surface area (Å²) in [4.78, 5) is 13.3. The lowest BCUT2D eigenvalue weighted by Crippen LogP contribution is -2.48. The predicted octanol–water partition coefficient (Wildman–Crippen LogP) is 11.4. The number of carbonyl (C=O) groups excluding carboxylic acids is 1. The van der Waals surface area contributed by atoms with Crippen molar-refractivity contribution in [2.24, 2.45) is 23.2 Å². The van der Waals surface area contributed by atoms with Crippen molar-refractivity contribution in [1.29, 1.82) is 0 Å². The summed E-state index contributed by atoms with van der Waals surface area (Å²) in [5, 5.41) is 0.367. The number of fused-ring (bicyclic) bond motifs is 1. The highest BCUT2D eigenvalue weighted by atomic mass is 28.4. The van der Waals surface area contributed by atoms with Gasteiger partial charge in [-0.1, -0.05) is 109 Å². The van der Waals surface area contributed by atoms with Crippen molar-refractivity contribution in [3.63, 3.8) is 0 Å². The lowest BCUT2D eigenvalue weighted by molar-refractivity contribution is -0.153. The first-order valence-electron chi connectivity index (χ1n) is 18.2. The highest BCUT2D eigenvalue weighted by Gasteiger charge is 2.52. The normalized spacial score (nSPS) is 29.4. The van der Waals surface area contributed by atoms with Gasteiger partial charge in [-0.25, -0.2) is 0 Å². The summed E-state index contributed by atoms with van der Waals surface area (Å²) in [7, 11) is -3.82. The molecule has 0 heterocycles. The molecule has 1 aromatic rings. The van der Waals surface area contributed by atoms with Gasteiger partial charge in [0.25, 0.3) is 0 Å². The zero-order valence-corrected chi connectivity index (χ0v) is 33.4. The molecule has 0 N–H and O–H groups in total. The van der Waals surface area contributed by atoms with Gasteiger partial charge in [-0.3, -0.25) is 4.79 Å². The molecule has 1 aromatic carbocycles. The Hall–Kier alpha value is -1.48. The molecule has 4 rings (SSSR count). The van der Waals surface area contributed by atoms with E-state index in [0.29, 0.717) is 18.4 Å². The Bertz CT molecular complexity index is 1210. The standard InChI is InChI=1S/C40H66O4Si2/c1-29(37(41)42-28-30-17-14-13-15-18-30)35-22-23-36-32(19-16-24-40(35,36)8)21-20-31-25-33(43-45(9,10)38(2,3)4)27-34(26-31)44-46(11,12)39(5,6)7/h13-15,17-18,20-21,29,33-36H,16,19,22-28H2,1-12H3/b32-21+/t29-,33+,34+,35+,36-,40+/m0/s1. The average molecular weight is 667 g/mol. The Morgan fingerprint density at radius 1 is 0.913 bits per heavy atom. The van der Waals surface area contributed by atoms with E-state index < -0.39 is 16.6 Å². The van der Waals surface area contributed by atoms with Gasteiger partial charge in [-0.2, -0.15) is 0 Å². The van der Waals surface area contributed by atoms with Crippen LogP contribution in [0.1, 0.15) is 112 Å². The second-order valence-corrected chi connectivity index (χ2v) is 27.7. The van der Waals surface area contributed by atoms with Gasteiger partial charge in [0.15, 0.2) is 16.6 Å². The van der Waals surface area contributed by atoms with Gasteiger partial charge >= 0.3 is 5.97 Å². The fraction of sp³-hybridized carbons (Fsp3) is 0.725. The maximum atomic E-state index is 13.3. The molecule has 0 bridgehead atoms. The Balaban J connectivity index is 1.51. The topological polar surface area (TPSA) is 44.8 Å². The lowest BCUT2D eigenvalue weighted by atomic mass is 9.61. The summed E-state index contributed by atoms with van der Waals surface area (Å²) in [5.74, 6) is 0.763. The molecule has 0 aromatic heterocycles. The van der Waals surface area contributed by atoms with Gasteiger partial charge in [0.05, 0.1) is 18.1 Å². The van der Waals surface area contributed by atoms with Crippen LogP contribution in [-0.2, 0) is 25.0 Å². The molecule has 0 unspecified atom stereocenters. The zero-order valence-electron chi connectivity index (χ0n) is 31.4. The molecule has 46 heavy (non-hydrogen) atoms. The Labute approximate surface area is 284 Å². The van der Waals surface area contributed by atoms with E-state index in [-0.39, 0.29) is 39.6 Å². The number of carbonyl (C=O) groups is 1. The summed E-state index contributed by atoms with van der Waals surface area (Å²) in [6.07, 6.45) is 14.2. The Kier molecular flexibility index (Phi) is 11.5. The van der Waals surface area contributed by atoms with Crippen molar-refractivity contribution in [3.8, 4) is 0 Å². The summed E-state index contributed by atoms with van der Waals surface area (Å²) in [6.45, 7) is 28.5. The van der Waals surface area contributed by atoms with Crippen LogP contribution in [-0.4, -0.2) is 34.8 Å². The average Bonchev–Trinajstić information content (AvgIpc) is 3.30. The molecule has 0 saturated heterocycles. The fourth-order valence-corrected chi connectivity index (χ4v) is 10.7. The largest absolute Gasteiger partial charge is 0.461 e. The molecule has 3 saturated carbocycles. The van der Waals surface area contributed by atoms with Crippen LogP contribution in [0, 0.1) is 23.2 Å². The molecule has 258 valence electrons. The molecular formula is C40H66O4Si2. The number of ether oxygens (including phenoxy) is 1. The van der Waals surface area contributed by atoms with Crippen molar-refractivity contribution in [3.05, 3.63) is 59.2 Å². The van der Waals surface area contributed by atoms with Gasteiger partial charge in [0.1, 0.15) is 6.61 Å². The van der Waals surface area contributed by atoms with Gasteiger partial charge < -0.3 is 13.6 Å². The van der Waals surface area contributed by atoms with Crippen LogP contribution < -0.4 is 0 Å². The molecule has 6 atom stereocenters. The second-order valence-electron chi connectivity index (χ2n) is 18.2. The number of benzene rings is 1. The van der Waals surface area contributed by atoms with Crippen molar-refractivity contribution in [2.45, 2.75) is 162 Å². The monoisotopic (exact) mass is 666 g/mol. The third kappa shape index (κ3) is 8.56. The minimum Gasteiger partial charge on any atom is -0.461 e. The van der Waals surface area contributed by atoms with Crippen LogP contribution in [0.25, 0.3) is 0 Å². The van der Waals surface area contributed by atoms with Gasteiger partial charge in [-0.15, -0.1) is 0 Å². The number of hydrogen-bond acceptors (Lipinski definition) is 4. The molecule has 3 aliphatic rings. The van der Waals surface area contributed by atoms with Crippen molar-refractivity contribution < 1.29 is 18.4 Å². The van der Waals surface area contributed by atoms with Crippen molar-refractivity contribution in [1.82, 2.24) is 0 Å². The minimum atomic E-state index is -1.91. The fourth-order valence-electron chi connectivity index (χ4n) is 7.98. The summed E-state index contributed by atoms with van der Waals surface area (Å²) in [6, 6.07) is 10.0. The van der Waals surface area contributed by atoms with Gasteiger partial charge in [-0.05, 0) is 110 Å². The quantitative estimate of drug-likeness (QED) is 0.194. The number of rotatable bonds is 9. The van der Waals surface area contributed by atoms with Gasteiger partial charge in [0, 0.05) is 0 Å². The predicted molar refractivity (Wildman–Crippen MR) is 198 cm³/mol. The number of allylic oxidation sites excluding steroid dienone is 3. The van der Waals surface area contributed by atoms with E-state index in [1.165, 1.54) is 24.8 Å². The summed E-state index contributed by atoms with van der Waals surface area (Å²) >= 11 is 0. The molecule has 0 amide bonds. The molecule has 4 nitrogen and oxygen atoms in total. The number of hydrogen-bond donors (Lipinski definition) is 0. The SMILES string of the molecule is C[C@H](C(=O)OCc1ccccc1)[C@H]1CC[C@H]2/C(=C/C=C3C[C@@H](O[Si](C)(C)C(C)(C)C)C[C@H](O[Si](C)(C)C(C)(C)C)C3)CCC[C@]12C. The van der Waals surface area contributed by atoms with Crippen LogP contribution in [0.3, 0.4) is 0 Å². The summed E-state index contributed by atoms with van der Waals surface area (Å²) < 4.78 is 20.0. The first kappa shape index (κ1) is 37.3.